The maximum absolute atomic E-state index is 4.91. The second kappa shape index (κ2) is 4.68. The lowest BCUT2D eigenvalue weighted by molar-refractivity contribution is 0.449. The Labute approximate surface area is 139 Å². The van der Waals surface area contributed by atoms with E-state index in [0.29, 0.717) is 0 Å². The van der Waals surface area contributed by atoms with E-state index >= 15 is 0 Å². The standard InChI is InChI=1S/C20H16N4/c1-20(18-12-6-7-13-21-18)23-15-9-3-2-8-14(15)19-22-16-10-4-5-11-17(16)24(19)20/h2-13,23H,1H3/t20-/m1/s1. The van der Waals surface area contributed by atoms with Crippen LogP contribution in [-0.4, -0.2) is 14.5 Å². The van der Waals surface area contributed by atoms with Crippen LogP contribution in [0.1, 0.15) is 12.6 Å². The van der Waals surface area contributed by atoms with Gasteiger partial charge in [0.05, 0.1) is 16.7 Å². The van der Waals surface area contributed by atoms with Crippen molar-refractivity contribution in [2.75, 3.05) is 5.32 Å². The molecular formula is C20H16N4. The topological polar surface area (TPSA) is 42.7 Å². The van der Waals surface area contributed by atoms with Gasteiger partial charge in [0.15, 0.2) is 5.66 Å². The first-order valence-electron chi connectivity index (χ1n) is 8.04. The van der Waals surface area contributed by atoms with Crippen LogP contribution in [0.25, 0.3) is 22.4 Å². The van der Waals surface area contributed by atoms with E-state index in [9.17, 15) is 0 Å². The predicted molar refractivity (Wildman–Crippen MR) is 95.8 cm³/mol. The van der Waals surface area contributed by atoms with Gasteiger partial charge in [-0.1, -0.05) is 30.3 Å². The van der Waals surface area contributed by atoms with E-state index in [1.54, 1.807) is 0 Å². The summed E-state index contributed by atoms with van der Waals surface area (Å²) in [5.41, 5.74) is 4.75. The van der Waals surface area contributed by atoms with Crippen LogP contribution in [0.2, 0.25) is 0 Å². The van der Waals surface area contributed by atoms with Crippen LogP contribution in [0, 0.1) is 0 Å². The van der Waals surface area contributed by atoms with Gasteiger partial charge >= 0.3 is 0 Å². The minimum Gasteiger partial charge on any atom is -0.357 e. The van der Waals surface area contributed by atoms with Gasteiger partial charge < -0.3 is 5.32 Å². The number of hydrogen-bond acceptors (Lipinski definition) is 3. The molecule has 4 aromatic rings. The summed E-state index contributed by atoms with van der Waals surface area (Å²) in [6.07, 6.45) is 1.83. The highest BCUT2D eigenvalue weighted by Gasteiger charge is 2.38. The molecular weight excluding hydrogens is 296 g/mol. The Morgan fingerprint density at radius 2 is 1.71 bits per heavy atom. The molecule has 0 aliphatic carbocycles. The van der Waals surface area contributed by atoms with Gasteiger partial charge in [-0.15, -0.1) is 0 Å². The molecule has 4 heteroatoms. The number of pyridine rings is 1. The zero-order valence-corrected chi connectivity index (χ0v) is 13.3. The molecule has 2 aromatic heterocycles. The number of nitrogens with zero attached hydrogens (tertiary/aromatic N) is 3. The molecule has 0 radical (unpaired) electrons. The number of hydrogen-bond donors (Lipinski definition) is 1. The van der Waals surface area contributed by atoms with Gasteiger partial charge in [0.25, 0.3) is 0 Å². The lowest BCUT2D eigenvalue weighted by Crippen LogP contribution is -2.43. The van der Waals surface area contributed by atoms with Gasteiger partial charge in [-0.3, -0.25) is 9.55 Å². The number of imidazole rings is 1. The van der Waals surface area contributed by atoms with Gasteiger partial charge in [0.2, 0.25) is 0 Å². The highest BCUT2D eigenvalue weighted by Crippen LogP contribution is 2.42. The molecule has 0 unspecified atom stereocenters. The first kappa shape index (κ1) is 13.3. The van der Waals surface area contributed by atoms with Crippen molar-refractivity contribution in [1.82, 2.24) is 14.5 Å². The van der Waals surface area contributed by atoms with Gasteiger partial charge in [-0.2, -0.15) is 0 Å². The third-order valence-electron chi connectivity index (χ3n) is 4.72. The Morgan fingerprint density at radius 1 is 0.917 bits per heavy atom. The van der Waals surface area contributed by atoms with Crippen LogP contribution >= 0.6 is 0 Å². The summed E-state index contributed by atoms with van der Waals surface area (Å²) < 4.78 is 2.26. The number of rotatable bonds is 1. The van der Waals surface area contributed by atoms with E-state index in [2.05, 4.69) is 58.2 Å². The maximum atomic E-state index is 4.91. The van der Waals surface area contributed by atoms with Crippen LogP contribution in [0.3, 0.4) is 0 Å². The molecule has 5 rings (SSSR count). The number of aromatic nitrogens is 3. The predicted octanol–water partition coefficient (Wildman–Crippen LogP) is 4.24. The zero-order chi connectivity index (χ0) is 16.1. The van der Waals surface area contributed by atoms with Crippen molar-refractivity contribution in [3.05, 3.63) is 78.6 Å². The van der Waals surface area contributed by atoms with E-state index in [0.717, 1.165) is 33.8 Å². The molecule has 1 aliphatic rings. The number of nitrogens with one attached hydrogen (secondary N) is 1. The van der Waals surface area contributed by atoms with E-state index in [1.807, 2.05) is 36.5 Å². The van der Waals surface area contributed by atoms with Crippen LogP contribution in [0.4, 0.5) is 5.69 Å². The molecule has 2 aromatic carbocycles. The summed E-state index contributed by atoms with van der Waals surface area (Å²) in [6.45, 7) is 2.16. The summed E-state index contributed by atoms with van der Waals surface area (Å²) in [6, 6.07) is 22.6. The Hall–Kier alpha value is -3.14. The molecule has 1 atom stereocenters. The lowest BCUT2D eigenvalue weighted by Gasteiger charge is -2.39. The van der Waals surface area contributed by atoms with Crippen molar-refractivity contribution in [2.45, 2.75) is 12.6 Å². The monoisotopic (exact) mass is 312 g/mol. The summed E-state index contributed by atoms with van der Waals surface area (Å²) >= 11 is 0. The number of para-hydroxylation sites is 3. The Bertz CT molecular complexity index is 1050. The smallest absolute Gasteiger partial charge is 0.157 e. The number of fused-ring (bicyclic) bond motifs is 5. The van der Waals surface area contributed by atoms with Crippen LogP contribution < -0.4 is 5.32 Å². The van der Waals surface area contributed by atoms with Crippen molar-refractivity contribution in [3.63, 3.8) is 0 Å². The average Bonchev–Trinajstić information content (AvgIpc) is 3.03. The Morgan fingerprint density at radius 3 is 2.58 bits per heavy atom. The van der Waals surface area contributed by atoms with Gasteiger partial charge in [-0.25, -0.2) is 4.98 Å². The first-order valence-corrected chi connectivity index (χ1v) is 8.04. The molecule has 0 fully saturated rings. The molecule has 24 heavy (non-hydrogen) atoms. The van der Waals surface area contributed by atoms with Crippen molar-refractivity contribution in [1.29, 1.82) is 0 Å². The number of anilines is 1. The van der Waals surface area contributed by atoms with Gasteiger partial charge in [0.1, 0.15) is 5.82 Å². The van der Waals surface area contributed by atoms with Crippen molar-refractivity contribution in [2.24, 2.45) is 0 Å². The SMILES string of the molecule is C[C@@]1(c2ccccn2)Nc2ccccc2-c2nc3ccccc3n21. The average molecular weight is 312 g/mol. The largest absolute Gasteiger partial charge is 0.357 e. The summed E-state index contributed by atoms with van der Waals surface area (Å²) in [7, 11) is 0. The summed E-state index contributed by atoms with van der Waals surface area (Å²) in [4.78, 5) is 9.53. The molecule has 0 saturated heterocycles. The van der Waals surface area contributed by atoms with Crippen LogP contribution in [-0.2, 0) is 5.66 Å². The summed E-state index contributed by atoms with van der Waals surface area (Å²) in [5, 5.41) is 3.68. The van der Waals surface area contributed by atoms with Crippen molar-refractivity contribution < 1.29 is 0 Å². The molecule has 4 nitrogen and oxygen atoms in total. The van der Waals surface area contributed by atoms with E-state index in [4.69, 9.17) is 4.98 Å². The third kappa shape index (κ3) is 1.68. The second-order valence-corrected chi connectivity index (χ2v) is 6.22. The molecule has 1 aliphatic heterocycles. The Kier molecular flexibility index (Phi) is 2.59. The lowest BCUT2D eigenvalue weighted by atomic mass is 10.00. The molecule has 1 N–H and O–H groups in total. The molecule has 0 amide bonds. The highest BCUT2D eigenvalue weighted by molar-refractivity contribution is 5.87. The van der Waals surface area contributed by atoms with Crippen molar-refractivity contribution in [3.8, 4) is 11.4 Å². The molecule has 3 heterocycles. The first-order chi connectivity index (χ1) is 11.8. The quantitative estimate of drug-likeness (QED) is 0.571. The van der Waals surface area contributed by atoms with E-state index in [-0.39, 0.29) is 0 Å². The van der Waals surface area contributed by atoms with Crippen LogP contribution in [0.15, 0.2) is 72.9 Å². The molecule has 0 bridgehead atoms. The fraction of sp³-hybridized carbons (Fsp3) is 0.100. The zero-order valence-electron chi connectivity index (χ0n) is 13.3. The van der Waals surface area contributed by atoms with Gasteiger partial charge in [-0.05, 0) is 43.3 Å². The van der Waals surface area contributed by atoms with Crippen LogP contribution in [0.5, 0.6) is 0 Å². The maximum Gasteiger partial charge on any atom is 0.157 e. The fourth-order valence-electron chi connectivity index (χ4n) is 3.59. The normalized spacial score (nSPS) is 18.7. The second-order valence-electron chi connectivity index (χ2n) is 6.22. The summed E-state index contributed by atoms with van der Waals surface area (Å²) in [5.74, 6) is 0.971. The fourth-order valence-corrected chi connectivity index (χ4v) is 3.59. The van der Waals surface area contributed by atoms with E-state index in [1.165, 1.54) is 0 Å². The van der Waals surface area contributed by atoms with Crippen molar-refractivity contribution >= 4 is 16.7 Å². The highest BCUT2D eigenvalue weighted by atomic mass is 15.3. The number of benzene rings is 2. The minimum absolute atomic E-state index is 0.499. The third-order valence-corrected chi connectivity index (χ3v) is 4.72. The van der Waals surface area contributed by atoms with E-state index < -0.39 is 5.66 Å². The molecule has 116 valence electrons. The minimum atomic E-state index is -0.499. The molecule has 0 saturated carbocycles. The van der Waals surface area contributed by atoms with Gasteiger partial charge in [0, 0.05) is 17.4 Å². The molecule has 0 spiro atoms. The Balaban J connectivity index is 1.91.